The number of benzene rings is 2. The van der Waals surface area contributed by atoms with Gasteiger partial charge in [-0.25, -0.2) is 0 Å². The van der Waals surface area contributed by atoms with Crippen LogP contribution < -0.4 is 18.9 Å². The average molecular weight is 427 g/mol. The average Bonchev–Trinajstić information content (AvgIpc) is 3.02. The summed E-state index contributed by atoms with van der Waals surface area (Å²) in [5.74, 6) is -1.14. The molecule has 2 aromatic carbocycles. The number of hydrogen-bond acceptors (Lipinski definition) is 7. The highest BCUT2D eigenvalue weighted by Gasteiger charge is 2.41. The van der Waals surface area contributed by atoms with E-state index in [0.717, 1.165) is 0 Å². The molecule has 0 radical (unpaired) electrons. The van der Waals surface area contributed by atoms with Crippen molar-refractivity contribution in [3.05, 3.63) is 47.5 Å². The molecule has 0 saturated carbocycles. The van der Waals surface area contributed by atoms with E-state index in [1.165, 1.54) is 28.4 Å². The summed E-state index contributed by atoms with van der Waals surface area (Å²) in [7, 11) is 5.85. The topological polar surface area (TPSA) is 112 Å². The summed E-state index contributed by atoms with van der Waals surface area (Å²) in [6.45, 7) is -0.759. The van der Waals surface area contributed by atoms with Gasteiger partial charge < -0.3 is 24.1 Å². The molecular weight excluding hydrogens is 406 g/mol. The zero-order valence-electron chi connectivity index (χ0n) is 17.4. The molecule has 9 heteroatoms. The molecule has 0 saturated heterocycles. The van der Waals surface area contributed by atoms with Gasteiger partial charge in [0.05, 0.1) is 39.6 Å². The Hall–Kier alpha value is -4.01. The minimum atomic E-state index is -1.30. The second kappa shape index (κ2) is 8.78. The van der Waals surface area contributed by atoms with E-state index in [1.807, 2.05) is 0 Å². The number of rotatable bonds is 8. The van der Waals surface area contributed by atoms with Crippen LogP contribution in [0, 0.1) is 0 Å². The maximum absolute atomic E-state index is 13.1. The lowest BCUT2D eigenvalue weighted by Gasteiger charge is -2.13. The first-order chi connectivity index (χ1) is 14.9. The number of methoxy groups -OCH3 is 4. The van der Waals surface area contributed by atoms with Crippen LogP contribution in [-0.2, 0) is 14.4 Å². The maximum Gasteiger partial charge on any atom is 0.323 e. The van der Waals surface area contributed by atoms with E-state index in [1.54, 1.807) is 36.4 Å². The molecule has 0 spiro atoms. The van der Waals surface area contributed by atoms with Gasteiger partial charge in [-0.1, -0.05) is 12.1 Å². The predicted octanol–water partition coefficient (Wildman–Crippen LogP) is 2.09. The van der Waals surface area contributed by atoms with Gasteiger partial charge in [-0.05, 0) is 35.4 Å². The lowest BCUT2D eigenvalue weighted by atomic mass is 9.95. The van der Waals surface area contributed by atoms with Crippen LogP contribution in [0.2, 0.25) is 0 Å². The largest absolute Gasteiger partial charge is 0.493 e. The van der Waals surface area contributed by atoms with E-state index < -0.39 is 24.3 Å². The van der Waals surface area contributed by atoms with Crippen molar-refractivity contribution in [1.29, 1.82) is 0 Å². The minimum Gasteiger partial charge on any atom is -0.493 e. The third-order valence-corrected chi connectivity index (χ3v) is 4.81. The van der Waals surface area contributed by atoms with Gasteiger partial charge in [0.15, 0.2) is 23.0 Å². The highest BCUT2D eigenvalue weighted by Crippen LogP contribution is 2.40. The minimum absolute atomic E-state index is 0.0550. The first-order valence-electron chi connectivity index (χ1n) is 9.13. The van der Waals surface area contributed by atoms with Gasteiger partial charge in [0.2, 0.25) is 0 Å². The molecule has 1 heterocycles. The van der Waals surface area contributed by atoms with E-state index in [4.69, 9.17) is 18.9 Å². The molecule has 0 bridgehead atoms. The fourth-order valence-corrected chi connectivity index (χ4v) is 3.37. The number of ether oxygens (including phenoxy) is 4. The van der Waals surface area contributed by atoms with Crippen LogP contribution in [0.4, 0.5) is 0 Å². The molecule has 162 valence electrons. The Morgan fingerprint density at radius 3 is 1.45 bits per heavy atom. The van der Waals surface area contributed by atoms with Gasteiger partial charge >= 0.3 is 5.97 Å². The quantitative estimate of drug-likeness (QED) is 0.638. The zero-order chi connectivity index (χ0) is 22.7. The number of carbonyl (C=O) groups excluding carboxylic acids is 2. The van der Waals surface area contributed by atoms with Crippen LogP contribution in [0.1, 0.15) is 11.1 Å². The van der Waals surface area contributed by atoms with E-state index in [2.05, 4.69) is 0 Å². The molecule has 1 N–H and O–H groups in total. The Balaban J connectivity index is 2.25. The van der Waals surface area contributed by atoms with Crippen molar-refractivity contribution in [2.75, 3.05) is 35.0 Å². The zero-order valence-corrected chi connectivity index (χ0v) is 17.4. The number of amides is 2. The van der Waals surface area contributed by atoms with Gasteiger partial charge in [-0.15, -0.1) is 0 Å². The number of carboxylic acid groups (broad SMARTS) is 1. The SMILES string of the molecule is COc1ccc(C2=C(c3ccc(OC)c(OC)c3)C(=O)N(CC(=O)O)C2=O)cc1OC. The highest BCUT2D eigenvalue weighted by molar-refractivity contribution is 6.49. The summed E-state index contributed by atoms with van der Waals surface area (Å²) >= 11 is 0. The molecule has 1 aliphatic rings. The van der Waals surface area contributed by atoms with Crippen molar-refractivity contribution in [2.24, 2.45) is 0 Å². The van der Waals surface area contributed by atoms with Gasteiger partial charge in [0.25, 0.3) is 11.8 Å². The standard InChI is InChI=1S/C22H21NO8/c1-28-14-7-5-12(9-16(14)30-3)19-20(22(27)23(21(19)26)11-18(24)25)13-6-8-15(29-2)17(10-13)31-4/h5-10H,11H2,1-4H3,(H,24,25). The smallest absolute Gasteiger partial charge is 0.323 e. The monoisotopic (exact) mass is 427 g/mol. The van der Waals surface area contributed by atoms with Gasteiger partial charge in [0, 0.05) is 0 Å². The van der Waals surface area contributed by atoms with Crippen LogP contribution >= 0.6 is 0 Å². The van der Waals surface area contributed by atoms with Crippen LogP contribution in [-0.4, -0.2) is 62.8 Å². The number of aliphatic carboxylic acids is 1. The number of imide groups is 1. The van der Waals surface area contributed by atoms with Crippen molar-refractivity contribution in [3.63, 3.8) is 0 Å². The molecule has 1 aliphatic heterocycles. The number of hydrogen-bond donors (Lipinski definition) is 1. The van der Waals surface area contributed by atoms with Crippen LogP contribution in [0.25, 0.3) is 11.1 Å². The van der Waals surface area contributed by atoms with Crippen molar-refractivity contribution in [3.8, 4) is 23.0 Å². The lowest BCUT2D eigenvalue weighted by molar-refractivity contribution is -0.147. The summed E-state index contributed by atoms with van der Waals surface area (Å²) in [5, 5.41) is 9.19. The molecule has 2 amide bonds. The van der Waals surface area contributed by atoms with Crippen molar-refractivity contribution < 1.29 is 38.4 Å². The summed E-state index contributed by atoms with van der Waals surface area (Å²) in [4.78, 5) is 38.2. The molecule has 0 aromatic heterocycles. The molecule has 3 rings (SSSR count). The number of nitrogens with zero attached hydrogens (tertiary/aromatic N) is 1. The Bertz CT molecular complexity index is 1010. The second-order valence-corrected chi connectivity index (χ2v) is 6.48. The van der Waals surface area contributed by atoms with Crippen molar-refractivity contribution in [1.82, 2.24) is 4.90 Å². The van der Waals surface area contributed by atoms with Gasteiger partial charge in [-0.3, -0.25) is 19.3 Å². The van der Waals surface area contributed by atoms with Crippen LogP contribution in [0.3, 0.4) is 0 Å². The molecular formula is C22H21NO8. The first kappa shape index (κ1) is 21.7. The van der Waals surface area contributed by atoms with Gasteiger partial charge in [-0.2, -0.15) is 0 Å². The molecule has 0 aliphatic carbocycles. The third-order valence-electron chi connectivity index (χ3n) is 4.81. The van der Waals surface area contributed by atoms with Crippen LogP contribution in [0.5, 0.6) is 23.0 Å². The van der Waals surface area contributed by atoms with E-state index in [-0.39, 0.29) is 11.1 Å². The highest BCUT2D eigenvalue weighted by atomic mass is 16.5. The van der Waals surface area contributed by atoms with E-state index in [9.17, 15) is 19.5 Å². The Kier molecular flexibility index (Phi) is 6.15. The summed E-state index contributed by atoms with van der Waals surface area (Å²) in [6.07, 6.45) is 0. The number of carbonyl (C=O) groups is 3. The molecule has 9 nitrogen and oxygen atoms in total. The second-order valence-electron chi connectivity index (χ2n) is 6.48. The Morgan fingerprint density at radius 2 is 1.13 bits per heavy atom. The van der Waals surface area contributed by atoms with E-state index >= 15 is 0 Å². The molecule has 0 fully saturated rings. The molecule has 0 atom stereocenters. The molecule has 0 unspecified atom stereocenters. The van der Waals surface area contributed by atoms with Crippen molar-refractivity contribution >= 4 is 28.9 Å². The maximum atomic E-state index is 13.1. The van der Waals surface area contributed by atoms with Crippen molar-refractivity contribution in [2.45, 2.75) is 0 Å². The Morgan fingerprint density at radius 1 is 0.742 bits per heavy atom. The lowest BCUT2D eigenvalue weighted by Crippen LogP contribution is -2.36. The summed E-state index contributed by atoms with van der Waals surface area (Å²) in [5.41, 5.74) is 0.876. The first-order valence-corrected chi connectivity index (χ1v) is 9.13. The van der Waals surface area contributed by atoms with Crippen LogP contribution in [0.15, 0.2) is 36.4 Å². The fraction of sp³-hybridized carbons (Fsp3) is 0.227. The predicted molar refractivity (Wildman–Crippen MR) is 110 cm³/mol. The normalized spacial score (nSPS) is 13.5. The molecule has 31 heavy (non-hydrogen) atoms. The fourth-order valence-electron chi connectivity index (χ4n) is 3.37. The van der Waals surface area contributed by atoms with E-state index in [0.29, 0.717) is 39.0 Å². The van der Waals surface area contributed by atoms with Gasteiger partial charge in [0.1, 0.15) is 6.54 Å². The summed E-state index contributed by atoms with van der Waals surface area (Å²) in [6, 6.07) is 9.53. The molecule has 2 aromatic rings. The number of carboxylic acids is 1. The summed E-state index contributed by atoms with van der Waals surface area (Å²) < 4.78 is 21.1. The Labute approximate surface area is 178 Å². The third kappa shape index (κ3) is 3.89.